The predicted molar refractivity (Wildman–Crippen MR) is 278 cm³/mol. The molecule has 0 amide bonds. The zero-order valence-corrected chi connectivity index (χ0v) is 36.4. The molecule has 0 saturated heterocycles. The molecule has 302 valence electrons. The topological polar surface area (TPSA) is 6.48 Å². The monoisotopic (exact) mass is 852 g/mol. The van der Waals surface area contributed by atoms with E-state index in [2.05, 4.69) is 252 Å². The van der Waals surface area contributed by atoms with Crippen LogP contribution in [0, 0.1) is 0 Å². The summed E-state index contributed by atoms with van der Waals surface area (Å²) >= 11 is 3.71. The fourth-order valence-corrected chi connectivity index (χ4v) is 11.4. The number of hydrogen-bond donors (Lipinski definition) is 0. The molecular formula is C60H40N2S2. The lowest BCUT2D eigenvalue weighted by Gasteiger charge is -2.27. The first-order valence-corrected chi connectivity index (χ1v) is 23.3. The second-order valence-corrected chi connectivity index (χ2v) is 18.3. The van der Waals surface area contributed by atoms with Crippen LogP contribution in [-0.2, 0) is 0 Å². The van der Waals surface area contributed by atoms with Gasteiger partial charge in [-0.05, 0) is 118 Å². The maximum atomic E-state index is 2.41. The van der Waals surface area contributed by atoms with Gasteiger partial charge >= 0.3 is 0 Å². The number of anilines is 6. The van der Waals surface area contributed by atoms with Gasteiger partial charge in [0.15, 0.2) is 0 Å². The van der Waals surface area contributed by atoms with Gasteiger partial charge in [0.05, 0.1) is 0 Å². The quantitative estimate of drug-likeness (QED) is 0.143. The van der Waals surface area contributed by atoms with Crippen molar-refractivity contribution in [2.75, 3.05) is 9.80 Å². The average molecular weight is 853 g/mol. The highest BCUT2D eigenvalue weighted by molar-refractivity contribution is 7.26. The van der Waals surface area contributed by atoms with Crippen LogP contribution in [0.3, 0.4) is 0 Å². The molecule has 0 radical (unpaired) electrons. The zero-order valence-electron chi connectivity index (χ0n) is 34.8. The van der Waals surface area contributed by atoms with E-state index in [1.807, 2.05) is 22.7 Å². The molecule has 0 aliphatic heterocycles. The van der Waals surface area contributed by atoms with E-state index in [0.29, 0.717) is 0 Å². The summed E-state index contributed by atoms with van der Waals surface area (Å²) in [6, 6.07) is 88.5. The van der Waals surface area contributed by atoms with E-state index in [1.54, 1.807) is 0 Å². The van der Waals surface area contributed by atoms with Gasteiger partial charge in [-0.3, -0.25) is 0 Å². The first kappa shape index (κ1) is 38.0. The number of rotatable bonds is 9. The molecule has 12 rings (SSSR count). The second-order valence-electron chi connectivity index (χ2n) is 16.2. The number of benzene rings is 10. The summed E-state index contributed by atoms with van der Waals surface area (Å²) in [5.74, 6) is 0. The van der Waals surface area contributed by atoms with Crippen LogP contribution < -0.4 is 9.80 Å². The van der Waals surface area contributed by atoms with Gasteiger partial charge in [-0.1, -0.05) is 158 Å². The smallest absolute Gasteiger partial charge is 0.0476 e. The molecule has 0 fully saturated rings. The molecule has 2 nitrogen and oxygen atoms in total. The summed E-state index contributed by atoms with van der Waals surface area (Å²) < 4.78 is 5.16. The van der Waals surface area contributed by atoms with Crippen molar-refractivity contribution in [3.63, 3.8) is 0 Å². The molecule has 10 aromatic carbocycles. The number of fused-ring (bicyclic) bond motifs is 6. The fourth-order valence-electron chi connectivity index (χ4n) is 9.16. The Morgan fingerprint density at radius 1 is 0.203 bits per heavy atom. The summed E-state index contributed by atoms with van der Waals surface area (Å²) in [4.78, 5) is 4.82. The minimum atomic E-state index is 1.09. The van der Waals surface area contributed by atoms with Crippen molar-refractivity contribution in [1.29, 1.82) is 0 Å². The van der Waals surface area contributed by atoms with Gasteiger partial charge in [0.25, 0.3) is 0 Å². The van der Waals surface area contributed by atoms with E-state index < -0.39 is 0 Å². The Morgan fingerprint density at radius 3 is 0.891 bits per heavy atom. The Hall–Kier alpha value is -7.76. The minimum absolute atomic E-state index is 1.09. The third-order valence-electron chi connectivity index (χ3n) is 12.2. The average Bonchev–Trinajstić information content (AvgIpc) is 3.93. The zero-order chi connectivity index (χ0) is 42.4. The molecule has 0 N–H and O–H groups in total. The predicted octanol–water partition coefficient (Wildman–Crippen LogP) is 18.4. The SMILES string of the molecule is c1ccc(-c2cccc(N(c3cccc(-c4cccc(N(c5cccc(-c6ccccc6)c5)c5ccc6c(c5)sc5ccccc56)c4)c3)c3ccc4c(c3)sc3ccccc34)c2)cc1. The lowest BCUT2D eigenvalue weighted by Crippen LogP contribution is -2.10. The van der Waals surface area contributed by atoms with E-state index in [4.69, 9.17) is 0 Å². The molecular weight excluding hydrogens is 813 g/mol. The first-order valence-electron chi connectivity index (χ1n) is 21.6. The molecule has 0 aliphatic carbocycles. The molecule has 4 heteroatoms. The molecule has 0 atom stereocenters. The van der Waals surface area contributed by atoms with Gasteiger partial charge in [0.2, 0.25) is 0 Å². The Balaban J connectivity index is 0.989. The van der Waals surface area contributed by atoms with Crippen molar-refractivity contribution >= 4 is 97.1 Å². The summed E-state index contributed by atoms with van der Waals surface area (Å²) in [6.45, 7) is 0. The lowest BCUT2D eigenvalue weighted by atomic mass is 10.0. The van der Waals surface area contributed by atoms with Gasteiger partial charge < -0.3 is 9.80 Å². The van der Waals surface area contributed by atoms with Crippen LogP contribution in [0.15, 0.2) is 243 Å². The Morgan fingerprint density at radius 2 is 0.500 bits per heavy atom. The number of nitrogens with zero attached hydrogens (tertiary/aromatic N) is 2. The van der Waals surface area contributed by atoms with Crippen molar-refractivity contribution < 1.29 is 0 Å². The van der Waals surface area contributed by atoms with Gasteiger partial charge in [-0.25, -0.2) is 0 Å². The van der Waals surface area contributed by atoms with Crippen LogP contribution >= 0.6 is 22.7 Å². The standard InChI is InChI=1S/C60H40N2S2/c1-3-15-41(16-4-1)43-19-11-23-47(35-43)61(51-31-33-55-53-27-7-9-29-57(53)63-59(55)39-51)49-25-13-21-45(37-49)46-22-14-26-50(38-46)62(48-24-12-20-44(36-48)42-17-5-2-6-18-42)52-32-34-56-54-28-8-10-30-58(54)64-60(56)40-52/h1-40H. The maximum Gasteiger partial charge on any atom is 0.0476 e. The molecule has 0 spiro atoms. The molecule has 2 aromatic heterocycles. The highest BCUT2D eigenvalue weighted by Gasteiger charge is 2.19. The van der Waals surface area contributed by atoms with E-state index in [0.717, 1.165) is 45.3 Å². The van der Waals surface area contributed by atoms with E-state index >= 15 is 0 Å². The van der Waals surface area contributed by atoms with Crippen LogP contribution in [0.25, 0.3) is 73.7 Å². The molecule has 12 aromatic rings. The minimum Gasteiger partial charge on any atom is -0.310 e. The first-order chi connectivity index (χ1) is 31.7. The van der Waals surface area contributed by atoms with Crippen molar-refractivity contribution in [3.05, 3.63) is 243 Å². The normalized spacial score (nSPS) is 11.4. The van der Waals surface area contributed by atoms with E-state index in [-0.39, 0.29) is 0 Å². The van der Waals surface area contributed by atoms with E-state index in [9.17, 15) is 0 Å². The summed E-state index contributed by atoms with van der Waals surface area (Å²) in [5, 5.41) is 5.19. The van der Waals surface area contributed by atoms with Crippen LogP contribution in [-0.4, -0.2) is 0 Å². The molecule has 0 bridgehead atoms. The van der Waals surface area contributed by atoms with Crippen LogP contribution in [0.4, 0.5) is 34.1 Å². The van der Waals surface area contributed by atoms with E-state index in [1.165, 1.54) is 62.6 Å². The third kappa shape index (κ3) is 7.00. The largest absolute Gasteiger partial charge is 0.310 e. The Kier molecular flexibility index (Phi) is 9.59. The molecule has 0 saturated carbocycles. The molecule has 0 unspecified atom stereocenters. The highest BCUT2D eigenvalue weighted by Crippen LogP contribution is 2.45. The van der Waals surface area contributed by atoms with Crippen molar-refractivity contribution in [3.8, 4) is 33.4 Å². The maximum absolute atomic E-state index is 2.41. The summed E-state index contributed by atoms with van der Waals surface area (Å²) in [6.07, 6.45) is 0. The summed E-state index contributed by atoms with van der Waals surface area (Å²) in [7, 11) is 0. The second kappa shape index (κ2) is 16.2. The van der Waals surface area contributed by atoms with Gasteiger partial charge in [-0.2, -0.15) is 0 Å². The number of hydrogen-bond acceptors (Lipinski definition) is 4. The van der Waals surface area contributed by atoms with Crippen LogP contribution in [0.1, 0.15) is 0 Å². The van der Waals surface area contributed by atoms with Gasteiger partial charge in [0.1, 0.15) is 0 Å². The van der Waals surface area contributed by atoms with Crippen molar-refractivity contribution in [1.82, 2.24) is 0 Å². The fraction of sp³-hybridized carbons (Fsp3) is 0. The van der Waals surface area contributed by atoms with Crippen LogP contribution in [0.5, 0.6) is 0 Å². The lowest BCUT2D eigenvalue weighted by molar-refractivity contribution is 1.28. The number of thiophene rings is 2. The summed E-state index contributed by atoms with van der Waals surface area (Å²) in [5.41, 5.74) is 13.7. The molecule has 2 heterocycles. The Labute approximate surface area is 380 Å². The van der Waals surface area contributed by atoms with Gasteiger partial charge in [0, 0.05) is 74.5 Å². The van der Waals surface area contributed by atoms with Crippen molar-refractivity contribution in [2.24, 2.45) is 0 Å². The van der Waals surface area contributed by atoms with Crippen molar-refractivity contribution in [2.45, 2.75) is 0 Å². The molecule has 64 heavy (non-hydrogen) atoms. The highest BCUT2D eigenvalue weighted by atomic mass is 32.1. The molecule has 0 aliphatic rings. The van der Waals surface area contributed by atoms with Crippen LogP contribution in [0.2, 0.25) is 0 Å². The Bertz CT molecular complexity index is 3400. The third-order valence-corrected chi connectivity index (χ3v) is 14.5. The van der Waals surface area contributed by atoms with Gasteiger partial charge in [-0.15, -0.1) is 22.7 Å².